The first-order valence-electron chi connectivity index (χ1n) is 3.10. The van der Waals surface area contributed by atoms with Gasteiger partial charge >= 0.3 is 0 Å². The Kier molecular flexibility index (Phi) is 1.29. The summed E-state index contributed by atoms with van der Waals surface area (Å²) in [6.45, 7) is 1.85. The minimum absolute atomic E-state index is 0.413. The number of aromatic amines is 1. The van der Waals surface area contributed by atoms with Crippen molar-refractivity contribution < 1.29 is 0 Å². The van der Waals surface area contributed by atoms with Gasteiger partial charge in [-0.1, -0.05) is 11.6 Å². The minimum Gasteiger partial charge on any atom is -0.338 e. The maximum Gasteiger partial charge on any atom is 0.182 e. The Morgan fingerprint density at radius 1 is 1.45 bits per heavy atom. The van der Waals surface area contributed by atoms with Crippen molar-refractivity contribution in [1.29, 1.82) is 0 Å². The lowest BCUT2D eigenvalue weighted by Crippen LogP contribution is -1.80. The third-order valence-electron chi connectivity index (χ3n) is 1.36. The fourth-order valence-electron chi connectivity index (χ4n) is 0.916. The molecule has 1 N–H and O–H groups in total. The molecule has 0 amide bonds. The highest BCUT2D eigenvalue weighted by atomic mass is 35.5. The van der Waals surface area contributed by atoms with E-state index in [2.05, 4.69) is 19.9 Å². The molecule has 0 aromatic carbocycles. The number of fused-ring (bicyclic) bond motifs is 1. The Labute approximate surface area is 67.6 Å². The molecule has 11 heavy (non-hydrogen) atoms. The molecule has 2 aromatic heterocycles. The van der Waals surface area contributed by atoms with Crippen LogP contribution in [0.15, 0.2) is 6.33 Å². The molecular formula is C6H5ClN4. The number of hydrogen-bond donors (Lipinski definition) is 1. The van der Waals surface area contributed by atoms with E-state index in [1.54, 1.807) is 0 Å². The van der Waals surface area contributed by atoms with Gasteiger partial charge in [-0.15, -0.1) is 0 Å². The van der Waals surface area contributed by atoms with Crippen LogP contribution in [0.4, 0.5) is 0 Å². The highest BCUT2D eigenvalue weighted by Gasteiger charge is 2.03. The molecule has 0 bridgehead atoms. The largest absolute Gasteiger partial charge is 0.338 e. The average Bonchev–Trinajstić information content (AvgIpc) is 2.31. The van der Waals surface area contributed by atoms with Crippen LogP contribution in [0.25, 0.3) is 11.2 Å². The lowest BCUT2D eigenvalue weighted by molar-refractivity contribution is 1.16. The Bertz CT molecular complexity index is 394. The third-order valence-corrected chi connectivity index (χ3v) is 1.65. The maximum atomic E-state index is 5.75. The van der Waals surface area contributed by atoms with E-state index < -0.39 is 0 Å². The quantitative estimate of drug-likeness (QED) is 0.604. The summed E-state index contributed by atoms with van der Waals surface area (Å²) in [6.07, 6.45) is 1.39. The van der Waals surface area contributed by atoms with Crippen molar-refractivity contribution in [3.63, 3.8) is 0 Å². The highest BCUT2D eigenvalue weighted by Crippen LogP contribution is 2.15. The normalized spacial score (nSPS) is 10.7. The molecule has 0 unspecified atom stereocenters. The van der Waals surface area contributed by atoms with Gasteiger partial charge in [0.1, 0.15) is 17.7 Å². The Morgan fingerprint density at radius 2 is 2.27 bits per heavy atom. The topological polar surface area (TPSA) is 54.5 Å². The summed E-state index contributed by atoms with van der Waals surface area (Å²) < 4.78 is 0. The van der Waals surface area contributed by atoms with Crippen LogP contribution in [-0.2, 0) is 0 Å². The van der Waals surface area contributed by atoms with E-state index >= 15 is 0 Å². The van der Waals surface area contributed by atoms with Gasteiger partial charge in [-0.3, -0.25) is 0 Å². The molecule has 0 aliphatic heterocycles. The summed E-state index contributed by atoms with van der Waals surface area (Å²) in [6, 6.07) is 0. The third kappa shape index (κ3) is 0.952. The molecule has 0 saturated carbocycles. The highest BCUT2D eigenvalue weighted by molar-refractivity contribution is 6.33. The predicted molar refractivity (Wildman–Crippen MR) is 41.4 cm³/mol. The van der Waals surface area contributed by atoms with Crippen molar-refractivity contribution in [2.24, 2.45) is 0 Å². The number of hydrogen-bond acceptors (Lipinski definition) is 3. The molecule has 56 valence electrons. The number of imidazole rings is 1. The molecule has 0 atom stereocenters. The standard InChI is InChI=1S/C6H5ClN4/c1-3-10-4-5(7)8-2-9-6(4)11-3/h2H,1H3,(H,8,9,10,11). The van der Waals surface area contributed by atoms with Gasteiger partial charge in [-0.2, -0.15) is 0 Å². The van der Waals surface area contributed by atoms with Crippen LogP contribution >= 0.6 is 11.6 Å². The number of aromatic nitrogens is 4. The molecule has 5 heteroatoms. The first-order chi connectivity index (χ1) is 5.27. The van der Waals surface area contributed by atoms with Crippen LogP contribution < -0.4 is 0 Å². The van der Waals surface area contributed by atoms with Crippen LogP contribution in [0.3, 0.4) is 0 Å². The van der Waals surface area contributed by atoms with Gasteiger partial charge in [0.2, 0.25) is 0 Å². The second kappa shape index (κ2) is 2.17. The number of rotatable bonds is 0. The lowest BCUT2D eigenvalue weighted by atomic mass is 10.6. The van der Waals surface area contributed by atoms with Gasteiger partial charge in [-0.05, 0) is 6.92 Å². The van der Waals surface area contributed by atoms with Crippen molar-refractivity contribution in [2.75, 3.05) is 0 Å². The summed E-state index contributed by atoms with van der Waals surface area (Å²) >= 11 is 5.75. The Morgan fingerprint density at radius 3 is 3.00 bits per heavy atom. The molecule has 2 heterocycles. The number of nitrogens with one attached hydrogen (secondary N) is 1. The van der Waals surface area contributed by atoms with E-state index in [4.69, 9.17) is 11.6 Å². The van der Waals surface area contributed by atoms with Gasteiger partial charge in [0.05, 0.1) is 0 Å². The summed E-state index contributed by atoms with van der Waals surface area (Å²) in [7, 11) is 0. The lowest BCUT2D eigenvalue weighted by Gasteiger charge is -1.87. The van der Waals surface area contributed by atoms with Crippen molar-refractivity contribution >= 4 is 22.8 Å². The van der Waals surface area contributed by atoms with Crippen LogP contribution in [0.5, 0.6) is 0 Å². The monoisotopic (exact) mass is 168 g/mol. The van der Waals surface area contributed by atoms with E-state index in [0.717, 1.165) is 5.82 Å². The molecule has 2 aromatic rings. The molecular weight excluding hydrogens is 164 g/mol. The van der Waals surface area contributed by atoms with Crippen LogP contribution in [0.2, 0.25) is 5.15 Å². The van der Waals surface area contributed by atoms with E-state index in [9.17, 15) is 0 Å². The summed E-state index contributed by atoms with van der Waals surface area (Å²) in [5.41, 5.74) is 1.31. The minimum atomic E-state index is 0.413. The van der Waals surface area contributed by atoms with Crippen LogP contribution in [0, 0.1) is 6.92 Å². The van der Waals surface area contributed by atoms with Crippen LogP contribution in [-0.4, -0.2) is 19.9 Å². The number of halogens is 1. The van der Waals surface area contributed by atoms with Crippen molar-refractivity contribution in [3.8, 4) is 0 Å². The zero-order valence-corrected chi connectivity index (χ0v) is 6.55. The summed E-state index contributed by atoms with van der Waals surface area (Å²) in [5, 5.41) is 0.413. The zero-order chi connectivity index (χ0) is 7.84. The van der Waals surface area contributed by atoms with E-state index in [-0.39, 0.29) is 0 Å². The van der Waals surface area contributed by atoms with Crippen LogP contribution in [0.1, 0.15) is 5.82 Å². The van der Waals surface area contributed by atoms with E-state index in [0.29, 0.717) is 16.3 Å². The van der Waals surface area contributed by atoms with Crippen molar-refractivity contribution in [2.45, 2.75) is 6.92 Å². The van der Waals surface area contributed by atoms with Gasteiger partial charge in [0, 0.05) is 0 Å². The second-order valence-corrected chi connectivity index (χ2v) is 2.54. The molecule has 0 aliphatic carbocycles. The second-order valence-electron chi connectivity index (χ2n) is 2.19. The summed E-state index contributed by atoms with van der Waals surface area (Å²) in [4.78, 5) is 14.8. The SMILES string of the molecule is Cc1nc2ncnc(Cl)c2[nH]1. The fraction of sp³-hybridized carbons (Fsp3) is 0.167. The van der Waals surface area contributed by atoms with Gasteiger partial charge in [0.15, 0.2) is 10.8 Å². The van der Waals surface area contributed by atoms with Crippen molar-refractivity contribution in [1.82, 2.24) is 19.9 Å². The molecule has 2 rings (SSSR count). The molecule has 0 fully saturated rings. The van der Waals surface area contributed by atoms with Gasteiger partial charge < -0.3 is 4.98 Å². The fourth-order valence-corrected chi connectivity index (χ4v) is 1.09. The van der Waals surface area contributed by atoms with E-state index in [1.807, 2.05) is 6.92 Å². The predicted octanol–water partition coefficient (Wildman–Crippen LogP) is 1.31. The van der Waals surface area contributed by atoms with Gasteiger partial charge in [0.25, 0.3) is 0 Å². The Hall–Kier alpha value is -1.16. The maximum absolute atomic E-state index is 5.75. The molecule has 0 spiro atoms. The number of nitrogens with zero attached hydrogens (tertiary/aromatic N) is 3. The molecule has 0 saturated heterocycles. The van der Waals surface area contributed by atoms with Gasteiger partial charge in [-0.25, -0.2) is 15.0 Å². The number of H-pyrrole nitrogens is 1. The summed E-state index contributed by atoms with van der Waals surface area (Å²) in [5.74, 6) is 0.794. The molecule has 4 nitrogen and oxygen atoms in total. The molecule has 0 aliphatic rings. The first-order valence-corrected chi connectivity index (χ1v) is 3.48. The zero-order valence-electron chi connectivity index (χ0n) is 5.80. The average molecular weight is 169 g/mol. The molecule has 0 radical (unpaired) electrons. The Balaban J connectivity index is 2.90. The number of aryl methyl sites for hydroxylation is 1. The smallest absolute Gasteiger partial charge is 0.182 e. The van der Waals surface area contributed by atoms with E-state index in [1.165, 1.54) is 6.33 Å². The van der Waals surface area contributed by atoms with Crippen molar-refractivity contribution in [3.05, 3.63) is 17.3 Å². The first kappa shape index (κ1) is 6.54.